The Bertz CT molecular complexity index is 570. The predicted molar refractivity (Wildman–Crippen MR) is 84.3 cm³/mol. The maximum absolute atomic E-state index is 12.3. The van der Waals surface area contributed by atoms with Gasteiger partial charge in [-0.2, -0.15) is 0 Å². The molecular formula is C16H19N3OS. The standard InChI is InChI=1S/C16H19N3OS/c20-16(18-10-8-13-5-1-2-9-17-13)19-11-3-6-14(19)15-7-4-12-21-15/h1-2,4-5,7,9,12,14H,3,6,8,10-11H2,(H,18,20). The maximum atomic E-state index is 12.3. The Labute approximate surface area is 128 Å². The van der Waals surface area contributed by atoms with Gasteiger partial charge in [0.2, 0.25) is 0 Å². The highest BCUT2D eigenvalue weighted by Gasteiger charge is 2.30. The van der Waals surface area contributed by atoms with Crippen LogP contribution < -0.4 is 5.32 Å². The summed E-state index contributed by atoms with van der Waals surface area (Å²) in [5.74, 6) is 0. The number of nitrogens with one attached hydrogen (secondary N) is 1. The summed E-state index contributed by atoms with van der Waals surface area (Å²) in [6.07, 6.45) is 4.69. The van der Waals surface area contributed by atoms with E-state index in [0.29, 0.717) is 6.54 Å². The number of thiophene rings is 1. The second kappa shape index (κ2) is 6.72. The summed E-state index contributed by atoms with van der Waals surface area (Å²) in [6.45, 7) is 1.47. The molecule has 4 nitrogen and oxygen atoms in total. The number of pyridine rings is 1. The normalized spacial score (nSPS) is 17.9. The van der Waals surface area contributed by atoms with Crippen LogP contribution >= 0.6 is 11.3 Å². The lowest BCUT2D eigenvalue weighted by Gasteiger charge is -2.24. The number of carbonyl (C=O) groups excluding carboxylic acids is 1. The molecule has 0 bridgehead atoms. The third-order valence-corrected chi connectivity index (χ3v) is 4.74. The van der Waals surface area contributed by atoms with E-state index in [4.69, 9.17) is 0 Å². The lowest BCUT2D eigenvalue weighted by atomic mass is 10.2. The zero-order valence-electron chi connectivity index (χ0n) is 11.9. The molecule has 2 aromatic heterocycles. The number of hydrogen-bond donors (Lipinski definition) is 1. The second-order valence-corrected chi connectivity index (χ2v) is 6.15. The van der Waals surface area contributed by atoms with Crippen molar-refractivity contribution < 1.29 is 4.79 Å². The highest BCUT2D eigenvalue weighted by molar-refractivity contribution is 7.10. The van der Waals surface area contributed by atoms with Gasteiger partial charge in [0.15, 0.2) is 0 Å². The van der Waals surface area contributed by atoms with Crippen LogP contribution in [0, 0.1) is 0 Å². The van der Waals surface area contributed by atoms with Crippen molar-refractivity contribution in [2.45, 2.75) is 25.3 Å². The summed E-state index contributed by atoms with van der Waals surface area (Å²) in [4.78, 5) is 19.9. The van der Waals surface area contributed by atoms with Gasteiger partial charge >= 0.3 is 6.03 Å². The number of aromatic nitrogens is 1. The molecule has 1 saturated heterocycles. The van der Waals surface area contributed by atoms with Gasteiger partial charge in [0.05, 0.1) is 6.04 Å². The van der Waals surface area contributed by atoms with Crippen molar-refractivity contribution in [2.24, 2.45) is 0 Å². The molecule has 1 aliphatic rings. The molecule has 3 rings (SSSR count). The molecule has 0 spiro atoms. The van der Waals surface area contributed by atoms with Crippen LogP contribution in [0.5, 0.6) is 0 Å². The molecule has 5 heteroatoms. The minimum Gasteiger partial charge on any atom is -0.338 e. The SMILES string of the molecule is O=C(NCCc1ccccn1)N1CCCC1c1cccs1. The van der Waals surface area contributed by atoms with E-state index in [2.05, 4.69) is 27.8 Å². The third-order valence-electron chi connectivity index (χ3n) is 3.77. The molecule has 1 atom stereocenters. The van der Waals surface area contributed by atoms with E-state index in [1.165, 1.54) is 4.88 Å². The lowest BCUT2D eigenvalue weighted by molar-refractivity contribution is 0.194. The fourth-order valence-electron chi connectivity index (χ4n) is 2.73. The average molecular weight is 301 g/mol. The van der Waals surface area contributed by atoms with Crippen LogP contribution in [-0.4, -0.2) is 29.0 Å². The summed E-state index contributed by atoms with van der Waals surface area (Å²) in [5, 5.41) is 5.09. The number of nitrogens with zero attached hydrogens (tertiary/aromatic N) is 2. The van der Waals surface area contributed by atoms with Crippen LogP contribution in [0.15, 0.2) is 41.9 Å². The van der Waals surface area contributed by atoms with Crippen LogP contribution in [0.4, 0.5) is 4.79 Å². The van der Waals surface area contributed by atoms with E-state index < -0.39 is 0 Å². The van der Waals surface area contributed by atoms with E-state index in [-0.39, 0.29) is 12.1 Å². The Balaban J connectivity index is 1.53. The Morgan fingerprint density at radius 1 is 1.38 bits per heavy atom. The predicted octanol–water partition coefficient (Wildman–Crippen LogP) is 3.23. The van der Waals surface area contributed by atoms with Crippen molar-refractivity contribution in [3.8, 4) is 0 Å². The summed E-state index contributed by atoms with van der Waals surface area (Å²) in [5.41, 5.74) is 1.01. The van der Waals surface area contributed by atoms with Crippen molar-refractivity contribution in [3.63, 3.8) is 0 Å². The van der Waals surface area contributed by atoms with Crippen LogP contribution in [0.25, 0.3) is 0 Å². The first-order valence-electron chi connectivity index (χ1n) is 7.32. The number of amides is 2. The van der Waals surface area contributed by atoms with Gasteiger partial charge in [0.1, 0.15) is 0 Å². The first kappa shape index (κ1) is 14.1. The highest BCUT2D eigenvalue weighted by Crippen LogP contribution is 2.34. The molecule has 3 heterocycles. The summed E-state index contributed by atoms with van der Waals surface area (Å²) in [7, 11) is 0. The van der Waals surface area contributed by atoms with Gasteiger partial charge in [0.25, 0.3) is 0 Å². The first-order valence-corrected chi connectivity index (χ1v) is 8.20. The molecule has 1 N–H and O–H groups in total. The number of rotatable bonds is 4. The van der Waals surface area contributed by atoms with Gasteiger partial charge in [-0.15, -0.1) is 11.3 Å². The van der Waals surface area contributed by atoms with E-state index in [9.17, 15) is 4.79 Å². The van der Waals surface area contributed by atoms with E-state index in [1.54, 1.807) is 17.5 Å². The second-order valence-electron chi connectivity index (χ2n) is 5.17. The number of likely N-dealkylation sites (tertiary alicyclic amines) is 1. The fourth-order valence-corrected chi connectivity index (χ4v) is 3.61. The average Bonchev–Trinajstić information content (AvgIpc) is 3.19. The third kappa shape index (κ3) is 3.42. The molecule has 0 radical (unpaired) electrons. The number of urea groups is 1. The van der Waals surface area contributed by atoms with Gasteiger partial charge < -0.3 is 10.2 Å². The van der Waals surface area contributed by atoms with Gasteiger partial charge in [-0.25, -0.2) is 4.79 Å². The molecule has 1 unspecified atom stereocenters. The fraction of sp³-hybridized carbons (Fsp3) is 0.375. The van der Waals surface area contributed by atoms with Crippen LogP contribution in [0.3, 0.4) is 0 Å². The topological polar surface area (TPSA) is 45.2 Å². The quantitative estimate of drug-likeness (QED) is 0.942. The molecule has 1 aliphatic heterocycles. The minimum atomic E-state index is 0.0434. The molecule has 21 heavy (non-hydrogen) atoms. The summed E-state index contributed by atoms with van der Waals surface area (Å²) < 4.78 is 0. The van der Waals surface area contributed by atoms with Crippen molar-refractivity contribution in [1.82, 2.24) is 15.2 Å². The van der Waals surface area contributed by atoms with Gasteiger partial charge in [0, 0.05) is 36.3 Å². The smallest absolute Gasteiger partial charge is 0.317 e. The molecule has 2 amide bonds. The zero-order chi connectivity index (χ0) is 14.5. The Morgan fingerprint density at radius 2 is 2.33 bits per heavy atom. The van der Waals surface area contributed by atoms with Gasteiger partial charge in [-0.05, 0) is 36.4 Å². The summed E-state index contributed by atoms with van der Waals surface area (Å²) in [6, 6.07) is 10.3. The van der Waals surface area contributed by atoms with Crippen molar-refractivity contribution >= 4 is 17.4 Å². The minimum absolute atomic E-state index is 0.0434. The highest BCUT2D eigenvalue weighted by atomic mass is 32.1. The molecule has 1 fully saturated rings. The molecule has 2 aromatic rings. The molecule has 0 saturated carbocycles. The Hall–Kier alpha value is -1.88. The summed E-state index contributed by atoms with van der Waals surface area (Å²) >= 11 is 1.73. The molecule has 0 aliphatic carbocycles. The molecule has 110 valence electrons. The van der Waals surface area contributed by atoms with Crippen molar-refractivity contribution in [1.29, 1.82) is 0 Å². The van der Waals surface area contributed by atoms with Crippen LogP contribution in [0.2, 0.25) is 0 Å². The zero-order valence-corrected chi connectivity index (χ0v) is 12.7. The van der Waals surface area contributed by atoms with E-state index in [1.807, 2.05) is 23.1 Å². The van der Waals surface area contributed by atoms with E-state index in [0.717, 1.165) is 31.5 Å². The first-order chi connectivity index (χ1) is 10.3. The molecule has 0 aromatic carbocycles. The van der Waals surface area contributed by atoms with Crippen LogP contribution in [-0.2, 0) is 6.42 Å². The van der Waals surface area contributed by atoms with Gasteiger partial charge in [-0.1, -0.05) is 12.1 Å². The maximum Gasteiger partial charge on any atom is 0.317 e. The van der Waals surface area contributed by atoms with Crippen LogP contribution in [0.1, 0.15) is 29.5 Å². The van der Waals surface area contributed by atoms with Crippen molar-refractivity contribution in [2.75, 3.05) is 13.1 Å². The monoisotopic (exact) mass is 301 g/mol. The largest absolute Gasteiger partial charge is 0.338 e. The van der Waals surface area contributed by atoms with Crippen molar-refractivity contribution in [3.05, 3.63) is 52.5 Å². The Morgan fingerprint density at radius 3 is 3.10 bits per heavy atom. The number of carbonyl (C=O) groups is 1. The molecular weight excluding hydrogens is 282 g/mol. The lowest BCUT2D eigenvalue weighted by Crippen LogP contribution is -2.40. The van der Waals surface area contributed by atoms with E-state index >= 15 is 0 Å². The number of hydrogen-bond acceptors (Lipinski definition) is 3. The Kier molecular flexibility index (Phi) is 4.50. The van der Waals surface area contributed by atoms with Gasteiger partial charge in [-0.3, -0.25) is 4.98 Å².